The van der Waals surface area contributed by atoms with Crippen molar-refractivity contribution < 1.29 is 29.0 Å². The largest absolute Gasteiger partial charge is 0.497 e. The maximum absolute atomic E-state index is 13.5. The van der Waals surface area contributed by atoms with E-state index in [4.69, 9.17) is 15.9 Å². The number of hydrogen-bond acceptors (Lipinski definition) is 6. The number of alkyl carbamates (subject to hydrolysis) is 1. The van der Waals surface area contributed by atoms with Crippen molar-refractivity contribution in [1.29, 1.82) is 0 Å². The second-order valence-corrected chi connectivity index (χ2v) is 9.18. The van der Waals surface area contributed by atoms with Gasteiger partial charge in [0.2, 0.25) is 0 Å². The fraction of sp³-hybridized carbons (Fsp3) is 0.370. The van der Waals surface area contributed by atoms with Crippen molar-refractivity contribution in [2.75, 3.05) is 19.0 Å². The first kappa shape index (κ1) is 28.2. The SMILES string of the molecule is C#CN(C(=O)C(CO)NC(=O)OC(C)(C)C)C(C(=O)Nc1ccc(OC)cc1)c1ccc(C)c(C)c1. The number of methoxy groups -OCH3 is 1. The van der Waals surface area contributed by atoms with Crippen LogP contribution in [0.1, 0.15) is 43.5 Å². The van der Waals surface area contributed by atoms with E-state index in [-0.39, 0.29) is 0 Å². The van der Waals surface area contributed by atoms with Crippen LogP contribution in [0, 0.1) is 26.3 Å². The van der Waals surface area contributed by atoms with Crippen LogP contribution < -0.4 is 15.4 Å². The fourth-order valence-corrected chi connectivity index (χ4v) is 3.31. The van der Waals surface area contributed by atoms with Crippen molar-refractivity contribution in [2.45, 2.75) is 52.3 Å². The molecule has 3 N–H and O–H groups in total. The minimum absolute atomic E-state index is 0.462. The molecule has 2 rings (SSSR count). The van der Waals surface area contributed by atoms with Crippen LogP contribution in [0.3, 0.4) is 0 Å². The highest BCUT2D eigenvalue weighted by Crippen LogP contribution is 2.26. The van der Waals surface area contributed by atoms with Gasteiger partial charge >= 0.3 is 6.09 Å². The number of anilines is 1. The predicted octanol–water partition coefficient (Wildman–Crippen LogP) is 3.30. The zero-order valence-electron chi connectivity index (χ0n) is 21.4. The molecule has 9 heteroatoms. The highest BCUT2D eigenvalue weighted by Gasteiger charge is 2.36. The standard InChI is InChI=1S/C27H33N3O6/c1-8-30(25(33)22(16-31)29-26(34)36-27(4,5)6)23(19-10-9-17(2)18(3)15-19)24(32)28-20-11-13-21(35-7)14-12-20/h1,9-15,22-23,31H,16H2,2-7H3,(H,28,32)(H,29,34). The smallest absolute Gasteiger partial charge is 0.408 e. The Labute approximate surface area is 211 Å². The summed E-state index contributed by atoms with van der Waals surface area (Å²) in [5.41, 5.74) is 1.99. The number of rotatable bonds is 8. The van der Waals surface area contributed by atoms with Crippen molar-refractivity contribution in [3.8, 4) is 18.2 Å². The molecule has 0 aliphatic carbocycles. The van der Waals surface area contributed by atoms with Gasteiger partial charge in [0.05, 0.1) is 13.7 Å². The summed E-state index contributed by atoms with van der Waals surface area (Å²) >= 11 is 0. The summed E-state index contributed by atoms with van der Waals surface area (Å²) in [5, 5.41) is 14.9. The summed E-state index contributed by atoms with van der Waals surface area (Å²) in [7, 11) is 1.53. The number of nitrogens with one attached hydrogen (secondary N) is 2. The van der Waals surface area contributed by atoms with E-state index in [0.29, 0.717) is 17.0 Å². The summed E-state index contributed by atoms with van der Waals surface area (Å²) in [6.07, 6.45) is 4.80. The fourth-order valence-electron chi connectivity index (χ4n) is 3.31. The van der Waals surface area contributed by atoms with Crippen LogP contribution in [0.25, 0.3) is 0 Å². The highest BCUT2D eigenvalue weighted by molar-refractivity contribution is 5.99. The van der Waals surface area contributed by atoms with Gasteiger partial charge in [0.25, 0.3) is 11.8 Å². The Morgan fingerprint density at radius 3 is 2.22 bits per heavy atom. The van der Waals surface area contributed by atoms with Crippen molar-refractivity contribution in [3.63, 3.8) is 0 Å². The number of hydrogen-bond donors (Lipinski definition) is 3. The lowest BCUT2D eigenvalue weighted by molar-refractivity contribution is -0.137. The second kappa shape index (κ2) is 12.1. The first-order chi connectivity index (χ1) is 16.9. The lowest BCUT2D eigenvalue weighted by Gasteiger charge is -2.30. The molecule has 0 spiro atoms. The highest BCUT2D eigenvalue weighted by atomic mass is 16.6. The molecule has 2 atom stereocenters. The number of amides is 3. The molecule has 0 fully saturated rings. The van der Waals surface area contributed by atoms with E-state index in [2.05, 4.69) is 16.7 Å². The van der Waals surface area contributed by atoms with Gasteiger partial charge in [-0.2, -0.15) is 0 Å². The zero-order chi connectivity index (χ0) is 27.0. The van der Waals surface area contributed by atoms with Crippen molar-refractivity contribution in [1.82, 2.24) is 10.2 Å². The van der Waals surface area contributed by atoms with Crippen LogP contribution >= 0.6 is 0 Å². The van der Waals surface area contributed by atoms with Gasteiger partial charge in [-0.25, -0.2) is 4.79 Å². The number of carbonyl (C=O) groups is 3. The molecule has 3 amide bonds. The number of terminal acetylenes is 1. The maximum atomic E-state index is 13.5. The molecule has 0 saturated carbocycles. The first-order valence-electron chi connectivity index (χ1n) is 11.3. The molecule has 2 unspecified atom stereocenters. The maximum Gasteiger partial charge on any atom is 0.408 e. The molecule has 2 aromatic carbocycles. The third-order valence-electron chi connectivity index (χ3n) is 5.26. The van der Waals surface area contributed by atoms with Gasteiger partial charge in [-0.1, -0.05) is 24.6 Å². The van der Waals surface area contributed by atoms with Crippen LogP contribution in [-0.2, 0) is 14.3 Å². The van der Waals surface area contributed by atoms with E-state index in [1.54, 1.807) is 57.2 Å². The van der Waals surface area contributed by atoms with Crippen molar-refractivity contribution in [2.24, 2.45) is 0 Å². The van der Waals surface area contributed by atoms with E-state index in [1.807, 2.05) is 19.9 Å². The molecule has 0 aliphatic heterocycles. The minimum atomic E-state index is -1.43. The van der Waals surface area contributed by atoms with Crippen LogP contribution in [0.2, 0.25) is 0 Å². The van der Waals surface area contributed by atoms with Crippen LogP contribution in [0.5, 0.6) is 5.75 Å². The first-order valence-corrected chi connectivity index (χ1v) is 11.3. The summed E-state index contributed by atoms with van der Waals surface area (Å²) < 4.78 is 10.3. The molecule has 0 aliphatic rings. The van der Waals surface area contributed by atoms with Gasteiger partial charge in [-0.3, -0.25) is 14.5 Å². The van der Waals surface area contributed by atoms with Crippen LogP contribution in [0.15, 0.2) is 42.5 Å². The molecule has 0 bridgehead atoms. The third-order valence-corrected chi connectivity index (χ3v) is 5.26. The molecule has 0 heterocycles. The molecular weight excluding hydrogens is 462 g/mol. The molecule has 36 heavy (non-hydrogen) atoms. The topological polar surface area (TPSA) is 117 Å². The molecule has 192 valence electrons. The Hall–Kier alpha value is -4.03. The van der Waals surface area contributed by atoms with Crippen LogP contribution in [-0.4, -0.2) is 53.3 Å². The second-order valence-electron chi connectivity index (χ2n) is 9.18. The number of aliphatic hydroxyl groups excluding tert-OH is 1. The number of aliphatic hydroxyl groups is 1. The molecule has 0 aromatic heterocycles. The van der Waals surface area contributed by atoms with E-state index in [1.165, 1.54) is 7.11 Å². The number of nitrogens with zero attached hydrogens (tertiary/aromatic N) is 1. The number of benzene rings is 2. The number of aryl methyl sites for hydroxylation is 2. The number of carbonyl (C=O) groups excluding carboxylic acids is 3. The van der Waals surface area contributed by atoms with Crippen molar-refractivity contribution >= 4 is 23.6 Å². The molecule has 0 saturated heterocycles. The molecule has 0 radical (unpaired) electrons. The van der Waals surface area contributed by atoms with E-state index < -0.39 is 42.2 Å². The molecular formula is C27H33N3O6. The van der Waals surface area contributed by atoms with Gasteiger partial charge < -0.3 is 25.2 Å². The number of ether oxygens (including phenoxy) is 2. The zero-order valence-corrected chi connectivity index (χ0v) is 21.4. The van der Waals surface area contributed by atoms with E-state index >= 15 is 0 Å². The summed E-state index contributed by atoms with van der Waals surface area (Å²) in [4.78, 5) is 40.0. The van der Waals surface area contributed by atoms with E-state index in [0.717, 1.165) is 16.0 Å². The van der Waals surface area contributed by atoms with Gasteiger partial charge in [0, 0.05) is 11.7 Å². The Balaban J connectivity index is 2.42. The lowest BCUT2D eigenvalue weighted by atomic mass is 9.98. The monoisotopic (exact) mass is 495 g/mol. The average Bonchev–Trinajstić information content (AvgIpc) is 2.81. The summed E-state index contributed by atoms with van der Waals surface area (Å²) in [5.74, 6) is -0.819. The Morgan fingerprint density at radius 1 is 1.08 bits per heavy atom. The Bertz CT molecular complexity index is 1130. The molecule has 2 aromatic rings. The average molecular weight is 496 g/mol. The Kier molecular flexibility index (Phi) is 9.47. The van der Waals surface area contributed by atoms with Gasteiger partial charge in [0.15, 0.2) is 0 Å². The normalized spacial score (nSPS) is 12.5. The summed E-state index contributed by atoms with van der Waals surface area (Å²) in [6.45, 7) is 8.03. The molecule has 9 nitrogen and oxygen atoms in total. The van der Waals surface area contributed by atoms with E-state index in [9.17, 15) is 19.5 Å². The Morgan fingerprint density at radius 2 is 1.72 bits per heavy atom. The quantitative estimate of drug-likeness (QED) is 0.382. The third kappa shape index (κ3) is 7.48. The van der Waals surface area contributed by atoms with Crippen molar-refractivity contribution in [3.05, 3.63) is 59.2 Å². The van der Waals surface area contributed by atoms with Gasteiger partial charge in [-0.15, -0.1) is 0 Å². The van der Waals surface area contributed by atoms with Crippen LogP contribution in [0.4, 0.5) is 10.5 Å². The lowest BCUT2D eigenvalue weighted by Crippen LogP contribution is -2.52. The van der Waals surface area contributed by atoms with Gasteiger partial charge in [0.1, 0.15) is 23.4 Å². The van der Waals surface area contributed by atoms with Gasteiger partial charge in [-0.05, 0) is 75.6 Å². The summed E-state index contributed by atoms with van der Waals surface area (Å²) in [6, 6.07) is 11.5. The minimum Gasteiger partial charge on any atom is -0.497 e. The predicted molar refractivity (Wildman–Crippen MR) is 136 cm³/mol.